The summed E-state index contributed by atoms with van der Waals surface area (Å²) in [6.45, 7) is 3.20. The van der Waals surface area contributed by atoms with Crippen molar-refractivity contribution in [3.63, 3.8) is 0 Å². The van der Waals surface area contributed by atoms with Crippen LogP contribution in [0.15, 0.2) is 48.5 Å². The molecule has 3 rings (SSSR count). The highest BCUT2D eigenvalue weighted by atomic mass is 19.1. The molecule has 3 amide bonds. The number of urea groups is 1. The highest BCUT2D eigenvalue weighted by Crippen LogP contribution is 2.24. The molecule has 0 radical (unpaired) electrons. The van der Waals surface area contributed by atoms with Gasteiger partial charge < -0.3 is 20.3 Å². The number of hydrogen-bond donors (Lipinski definition) is 2. The maximum Gasteiger partial charge on any atom is 0.315 e. The molecular formula is C20H22FN3O3. The number of anilines is 1. The van der Waals surface area contributed by atoms with Gasteiger partial charge in [-0.15, -0.1) is 0 Å². The molecule has 1 heterocycles. The molecule has 1 aliphatic rings. The standard InChI is InChI=1S/C20H22FN3O3/c1-2-27-18-9-7-17(8-10-18)24-13-16(11-19(24)25)23-20(26)22-12-14-3-5-15(21)6-4-14/h3-10,16H,2,11-13H2,1H3,(H2,22,23,26)/t16-/m0/s1. The quantitative estimate of drug-likeness (QED) is 0.820. The number of halogens is 1. The van der Waals surface area contributed by atoms with E-state index in [0.717, 1.165) is 17.0 Å². The van der Waals surface area contributed by atoms with Crippen molar-refractivity contribution in [2.45, 2.75) is 25.9 Å². The summed E-state index contributed by atoms with van der Waals surface area (Å²) in [6, 6.07) is 12.6. The van der Waals surface area contributed by atoms with Gasteiger partial charge in [-0.05, 0) is 48.9 Å². The number of benzene rings is 2. The number of nitrogens with one attached hydrogen (secondary N) is 2. The molecule has 27 heavy (non-hydrogen) atoms. The second-order valence-electron chi connectivity index (χ2n) is 6.29. The topological polar surface area (TPSA) is 70.7 Å². The molecule has 1 atom stereocenters. The van der Waals surface area contributed by atoms with Crippen LogP contribution in [-0.2, 0) is 11.3 Å². The van der Waals surface area contributed by atoms with E-state index in [9.17, 15) is 14.0 Å². The van der Waals surface area contributed by atoms with Crippen LogP contribution in [-0.4, -0.2) is 31.1 Å². The van der Waals surface area contributed by atoms with Gasteiger partial charge in [0.05, 0.1) is 12.6 Å². The van der Waals surface area contributed by atoms with Crippen LogP contribution in [0, 0.1) is 5.82 Å². The number of rotatable bonds is 6. The van der Waals surface area contributed by atoms with Gasteiger partial charge in [0.1, 0.15) is 11.6 Å². The monoisotopic (exact) mass is 371 g/mol. The molecule has 2 aromatic carbocycles. The van der Waals surface area contributed by atoms with E-state index in [-0.39, 0.29) is 36.8 Å². The van der Waals surface area contributed by atoms with Gasteiger partial charge in [-0.3, -0.25) is 4.79 Å². The zero-order valence-electron chi connectivity index (χ0n) is 15.1. The number of carbonyl (C=O) groups excluding carboxylic acids is 2. The first-order valence-corrected chi connectivity index (χ1v) is 8.87. The molecule has 0 saturated carbocycles. The third-order valence-corrected chi connectivity index (χ3v) is 4.29. The van der Waals surface area contributed by atoms with Gasteiger partial charge >= 0.3 is 6.03 Å². The van der Waals surface area contributed by atoms with Crippen LogP contribution in [0.3, 0.4) is 0 Å². The van der Waals surface area contributed by atoms with E-state index < -0.39 is 0 Å². The highest BCUT2D eigenvalue weighted by molar-refractivity contribution is 5.96. The molecule has 6 nitrogen and oxygen atoms in total. The summed E-state index contributed by atoms with van der Waals surface area (Å²) in [5, 5.41) is 5.53. The van der Waals surface area contributed by atoms with Crippen molar-refractivity contribution in [1.82, 2.24) is 10.6 Å². The van der Waals surface area contributed by atoms with Crippen LogP contribution in [0.5, 0.6) is 5.75 Å². The molecule has 0 unspecified atom stereocenters. The number of carbonyl (C=O) groups is 2. The SMILES string of the molecule is CCOc1ccc(N2C[C@@H](NC(=O)NCc3ccc(F)cc3)CC2=O)cc1. The van der Waals surface area contributed by atoms with Gasteiger partial charge in [-0.1, -0.05) is 12.1 Å². The highest BCUT2D eigenvalue weighted by Gasteiger charge is 2.31. The second kappa shape index (κ2) is 8.53. The lowest BCUT2D eigenvalue weighted by molar-refractivity contribution is -0.117. The molecule has 0 aromatic heterocycles. The summed E-state index contributed by atoms with van der Waals surface area (Å²) in [5.41, 5.74) is 1.57. The first kappa shape index (κ1) is 18.7. The van der Waals surface area contributed by atoms with Gasteiger partial charge in [-0.25, -0.2) is 9.18 Å². The van der Waals surface area contributed by atoms with Crippen molar-refractivity contribution < 1.29 is 18.7 Å². The molecule has 1 fully saturated rings. The van der Waals surface area contributed by atoms with Crippen molar-refractivity contribution in [1.29, 1.82) is 0 Å². The normalized spacial score (nSPS) is 16.3. The molecule has 1 aliphatic heterocycles. The number of nitrogens with zero attached hydrogens (tertiary/aromatic N) is 1. The van der Waals surface area contributed by atoms with Crippen LogP contribution in [0.1, 0.15) is 18.9 Å². The third-order valence-electron chi connectivity index (χ3n) is 4.29. The van der Waals surface area contributed by atoms with E-state index in [4.69, 9.17) is 4.74 Å². The van der Waals surface area contributed by atoms with E-state index in [2.05, 4.69) is 10.6 Å². The Labute approximate surface area is 157 Å². The molecule has 7 heteroatoms. The fourth-order valence-corrected chi connectivity index (χ4v) is 2.96. The minimum absolute atomic E-state index is 0.0389. The van der Waals surface area contributed by atoms with Gasteiger partial charge in [0.15, 0.2) is 0 Å². The second-order valence-corrected chi connectivity index (χ2v) is 6.29. The van der Waals surface area contributed by atoms with Crippen LogP contribution >= 0.6 is 0 Å². The Hall–Kier alpha value is -3.09. The molecule has 1 saturated heterocycles. The average Bonchev–Trinajstić information content (AvgIpc) is 3.02. The lowest BCUT2D eigenvalue weighted by Crippen LogP contribution is -2.43. The predicted molar refractivity (Wildman–Crippen MR) is 100 cm³/mol. The number of ether oxygens (including phenoxy) is 1. The summed E-state index contributed by atoms with van der Waals surface area (Å²) < 4.78 is 18.3. The van der Waals surface area contributed by atoms with Crippen LogP contribution in [0.4, 0.5) is 14.9 Å². The molecule has 0 spiro atoms. The van der Waals surface area contributed by atoms with Crippen molar-refractivity contribution in [2.75, 3.05) is 18.1 Å². The van der Waals surface area contributed by atoms with Gasteiger partial charge in [0, 0.05) is 25.2 Å². The van der Waals surface area contributed by atoms with Crippen molar-refractivity contribution in [2.24, 2.45) is 0 Å². The Morgan fingerprint density at radius 1 is 1.19 bits per heavy atom. The van der Waals surface area contributed by atoms with Gasteiger partial charge in [0.2, 0.25) is 5.91 Å². The third kappa shape index (κ3) is 4.97. The fraction of sp³-hybridized carbons (Fsp3) is 0.300. The summed E-state index contributed by atoms with van der Waals surface area (Å²) in [4.78, 5) is 26.0. The molecule has 142 valence electrons. The largest absolute Gasteiger partial charge is 0.494 e. The predicted octanol–water partition coefficient (Wildman–Crippen LogP) is 2.83. The molecule has 0 bridgehead atoms. The zero-order valence-corrected chi connectivity index (χ0v) is 15.1. The average molecular weight is 371 g/mol. The van der Waals surface area contributed by atoms with Gasteiger partial charge in [0.25, 0.3) is 0 Å². The van der Waals surface area contributed by atoms with E-state index >= 15 is 0 Å². The Balaban J connectivity index is 1.50. The number of amides is 3. The Bertz CT molecular complexity index is 793. The first-order chi connectivity index (χ1) is 13.0. The smallest absolute Gasteiger partial charge is 0.315 e. The van der Waals surface area contributed by atoms with E-state index in [1.54, 1.807) is 17.0 Å². The Morgan fingerprint density at radius 3 is 2.56 bits per heavy atom. The molecular weight excluding hydrogens is 349 g/mol. The van der Waals surface area contributed by atoms with Crippen molar-refractivity contribution in [3.8, 4) is 5.75 Å². The number of hydrogen-bond acceptors (Lipinski definition) is 3. The maximum atomic E-state index is 12.9. The van der Waals surface area contributed by atoms with Gasteiger partial charge in [-0.2, -0.15) is 0 Å². The van der Waals surface area contributed by atoms with E-state index in [0.29, 0.717) is 13.2 Å². The minimum Gasteiger partial charge on any atom is -0.494 e. The van der Waals surface area contributed by atoms with Crippen LogP contribution < -0.4 is 20.3 Å². The zero-order chi connectivity index (χ0) is 19.2. The summed E-state index contributed by atoms with van der Waals surface area (Å²) in [6.07, 6.45) is 0.247. The van der Waals surface area contributed by atoms with Crippen molar-refractivity contribution in [3.05, 3.63) is 59.9 Å². The minimum atomic E-state index is -0.356. The van der Waals surface area contributed by atoms with E-state index in [1.165, 1.54) is 12.1 Å². The summed E-state index contributed by atoms with van der Waals surface area (Å²) in [7, 11) is 0. The van der Waals surface area contributed by atoms with E-state index in [1.807, 2.05) is 31.2 Å². The lowest BCUT2D eigenvalue weighted by atomic mass is 10.2. The fourth-order valence-electron chi connectivity index (χ4n) is 2.96. The van der Waals surface area contributed by atoms with Crippen LogP contribution in [0.25, 0.3) is 0 Å². The van der Waals surface area contributed by atoms with Crippen LogP contribution in [0.2, 0.25) is 0 Å². The first-order valence-electron chi connectivity index (χ1n) is 8.87. The summed E-state index contributed by atoms with van der Waals surface area (Å²) >= 11 is 0. The Kier molecular flexibility index (Phi) is 5.90. The van der Waals surface area contributed by atoms with Crippen molar-refractivity contribution >= 4 is 17.6 Å². The summed E-state index contributed by atoms with van der Waals surface area (Å²) in [5.74, 6) is 0.396. The Morgan fingerprint density at radius 2 is 1.89 bits per heavy atom. The lowest BCUT2D eigenvalue weighted by Gasteiger charge is -2.18. The molecule has 2 N–H and O–H groups in total. The molecule has 0 aliphatic carbocycles. The molecule has 2 aromatic rings. The maximum absolute atomic E-state index is 12.9.